The molecule has 0 fully saturated rings. The van der Waals surface area contributed by atoms with Crippen LogP contribution in [-0.2, 0) is 6.18 Å². The first kappa shape index (κ1) is 24.5. The molecule has 32 heavy (non-hydrogen) atoms. The van der Waals surface area contributed by atoms with Gasteiger partial charge in [-0.1, -0.05) is 55.5 Å². The van der Waals surface area contributed by atoms with E-state index in [-0.39, 0.29) is 5.84 Å². The van der Waals surface area contributed by atoms with E-state index in [4.69, 9.17) is 11.3 Å². The van der Waals surface area contributed by atoms with Crippen molar-refractivity contribution in [3.8, 4) is 11.1 Å². The van der Waals surface area contributed by atoms with E-state index in [0.717, 1.165) is 28.5 Å². The Bertz CT molecular complexity index is 1120. The lowest BCUT2D eigenvalue weighted by Gasteiger charge is -2.13. The summed E-state index contributed by atoms with van der Waals surface area (Å²) in [5.41, 5.74) is 1.06. The third-order valence-electron chi connectivity index (χ3n) is 4.59. The summed E-state index contributed by atoms with van der Waals surface area (Å²) in [5, 5.41) is 18.2. The molecule has 1 amide bonds. The molecule has 3 aromatic rings. The van der Waals surface area contributed by atoms with Crippen molar-refractivity contribution in [1.29, 1.82) is 5.41 Å². The molecular weight excluding hydrogens is 419 g/mol. The fraction of sp³-hybridized carbons (Fsp3) is 0.217. The molecule has 3 aromatic carbocycles. The van der Waals surface area contributed by atoms with Gasteiger partial charge in [0.15, 0.2) is 5.84 Å². The van der Waals surface area contributed by atoms with Crippen LogP contribution in [0.5, 0.6) is 0 Å². The minimum Gasteiger partial charge on any atom is -0.342 e. The number of halogens is 3. The molecule has 9 heteroatoms. The molecule has 0 saturated carbocycles. The van der Waals surface area contributed by atoms with Crippen LogP contribution in [0.2, 0.25) is 0 Å². The Kier molecular flexibility index (Phi) is 8.06. The van der Waals surface area contributed by atoms with Crippen LogP contribution in [0, 0.1) is 5.41 Å². The molecule has 4 N–H and O–H groups in total. The summed E-state index contributed by atoms with van der Waals surface area (Å²) in [5.74, 6) is 4.33. The zero-order valence-electron chi connectivity index (χ0n) is 17.9. The van der Waals surface area contributed by atoms with Crippen LogP contribution in [0.4, 0.5) is 13.2 Å². The molecule has 0 heterocycles. The lowest BCUT2D eigenvalue weighted by atomic mass is 9.96. The Balaban J connectivity index is 0.00000176. The summed E-state index contributed by atoms with van der Waals surface area (Å²) in [6, 6.07) is 14.7. The van der Waals surface area contributed by atoms with Gasteiger partial charge >= 0.3 is 6.18 Å². The molecule has 0 spiro atoms. The first-order valence-corrected chi connectivity index (χ1v) is 9.91. The molecule has 1 unspecified atom stereocenters. The van der Waals surface area contributed by atoms with Gasteiger partial charge in [0.2, 0.25) is 0 Å². The largest absolute Gasteiger partial charge is 0.416 e. The van der Waals surface area contributed by atoms with Crippen molar-refractivity contribution in [2.45, 2.75) is 33.0 Å². The first-order valence-electron chi connectivity index (χ1n) is 9.91. The number of carbonyl (C=O) groups is 1. The fourth-order valence-corrected chi connectivity index (χ4v) is 3.01. The van der Waals surface area contributed by atoms with Crippen LogP contribution in [0.1, 0.15) is 36.7 Å². The maximum absolute atomic E-state index is 12.8. The number of hydrogen-bond acceptors (Lipinski definition) is 3. The van der Waals surface area contributed by atoms with Gasteiger partial charge in [-0.15, -0.1) is 5.11 Å². The third kappa shape index (κ3) is 5.69. The highest BCUT2D eigenvalue weighted by molar-refractivity contribution is 6.03. The Hall–Kier alpha value is -3.75. The number of fused-ring (bicyclic) bond motifs is 1. The predicted octanol–water partition coefficient (Wildman–Crippen LogP) is 5.97. The molecule has 1 atom stereocenters. The second-order valence-electron chi connectivity index (χ2n) is 6.61. The smallest absolute Gasteiger partial charge is 0.342 e. The van der Waals surface area contributed by atoms with Crippen LogP contribution in [0.15, 0.2) is 71.0 Å². The van der Waals surface area contributed by atoms with Crippen molar-refractivity contribution < 1.29 is 18.0 Å². The fourth-order valence-electron chi connectivity index (χ4n) is 3.01. The van der Waals surface area contributed by atoms with Crippen LogP contribution in [0.25, 0.3) is 21.9 Å². The first-order chi connectivity index (χ1) is 15.2. The quantitative estimate of drug-likeness (QED) is 0.152. The second kappa shape index (κ2) is 10.5. The zero-order valence-corrected chi connectivity index (χ0v) is 17.9. The summed E-state index contributed by atoms with van der Waals surface area (Å²) in [7, 11) is 0. The molecule has 0 aliphatic rings. The van der Waals surface area contributed by atoms with E-state index in [0.29, 0.717) is 11.1 Å². The number of hydrogen-bond donors (Lipinski definition) is 3. The third-order valence-corrected chi connectivity index (χ3v) is 4.59. The summed E-state index contributed by atoms with van der Waals surface area (Å²) < 4.78 is 38.4. The number of carbonyl (C=O) groups excluding carboxylic acids is 1. The molecule has 0 bridgehead atoms. The van der Waals surface area contributed by atoms with Gasteiger partial charge in [0.05, 0.1) is 11.6 Å². The minimum atomic E-state index is -4.39. The lowest BCUT2D eigenvalue weighted by molar-refractivity contribution is -0.137. The average molecular weight is 443 g/mol. The molecule has 0 saturated heterocycles. The van der Waals surface area contributed by atoms with Gasteiger partial charge < -0.3 is 11.2 Å². The van der Waals surface area contributed by atoms with Crippen LogP contribution >= 0.6 is 0 Å². The molecule has 3 rings (SSSR count). The molecule has 0 aromatic heterocycles. The van der Waals surface area contributed by atoms with Crippen LogP contribution in [0.3, 0.4) is 0 Å². The van der Waals surface area contributed by atoms with Gasteiger partial charge in [0, 0.05) is 5.56 Å². The van der Waals surface area contributed by atoms with E-state index < -0.39 is 23.7 Å². The van der Waals surface area contributed by atoms with Crippen molar-refractivity contribution in [2.75, 3.05) is 0 Å². The molecule has 0 radical (unpaired) electrons. The van der Waals surface area contributed by atoms with E-state index in [2.05, 4.69) is 15.7 Å². The van der Waals surface area contributed by atoms with Gasteiger partial charge in [-0.25, -0.2) is 0 Å². The topological polar surface area (TPSA) is 104 Å². The van der Waals surface area contributed by atoms with Crippen molar-refractivity contribution in [2.24, 2.45) is 16.2 Å². The minimum absolute atomic E-state index is 0.184. The Labute approximate surface area is 183 Å². The zero-order chi connectivity index (χ0) is 23.9. The average Bonchev–Trinajstić information content (AvgIpc) is 2.79. The van der Waals surface area contributed by atoms with E-state index in [9.17, 15) is 18.0 Å². The number of benzene rings is 3. The van der Waals surface area contributed by atoms with E-state index in [1.165, 1.54) is 12.1 Å². The molecular formula is C23H24F3N5O. The van der Waals surface area contributed by atoms with Gasteiger partial charge in [-0.2, -0.15) is 13.2 Å². The SMILES string of the molecule is CC.CC(NC(=O)c1ccc2c(-c3ccc(C(F)(F)F)cc3)cccc2c1)C(=N)N=NN. The van der Waals surface area contributed by atoms with Crippen molar-refractivity contribution in [3.63, 3.8) is 0 Å². The van der Waals surface area contributed by atoms with E-state index in [1.54, 1.807) is 31.2 Å². The van der Waals surface area contributed by atoms with Crippen LogP contribution in [-0.4, -0.2) is 17.8 Å². The number of nitrogens with zero attached hydrogens (tertiary/aromatic N) is 2. The van der Waals surface area contributed by atoms with Gasteiger partial charge in [-0.3, -0.25) is 10.2 Å². The molecule has 6 nitrogen and oxygen atoms in total. The second-order valence-corrected chi connectivity index (χ2v) is 6.61. The molecule has 168 valence electrons. The Morgan fingerprint density at radius 2 is 1.72 bits per heavy atom. The number of alkyl halides is 3. The number of rotatable bonds is 4. The van der Waals surface area contributed by atoms with Gasteiger partial charge in [0.25, 0.3) is 5.91 Å². The van der Waals surface area contributed by atoms with E-state index >= 15 is 0 Å². The standard InChI is InChI=1S/C21H18F3N5O.C2H6/c1-12(19(25)28-29-26)27-20(30)15-7-10-18-14(11-15)3-2-4-17(18)13-5-8-16(9-6-13)21(22,23)24;1-2/h2-12H,1H3,(H,27,30)(H3,25,26,28);1-2H3. The number of nitrogens with two attached hydrogens (primary N) is 1. The normalized spacial score (nSPS) is 12.2. The molecule has 0 aliphatic heterocycles. The van der Waals surface area contributed by atoms with Gasteiger partial charge in [-0.05, 0) is 53.1 Å². The summed E-state index contributed by atoms with van der Waals surface area (Å²) >= 11 is 0. The maximum atomic E-state index is 12.8. The maximum Gasteiger partial charge on any atom is 0.416 e. The number of amides is 1. The highest BCUT2D eigenvalue weighted by atomic mass is 19.4. The molecule has 0 aliphatic carbocycles. The highest BCUT2D eigenvalue weighted by Crippen LogP contribution is 2.33. The van der Waals surface area contributed by atoms with Gasteiger partial charge in [0.1, 0.15) is 0 Å². The number of nitrogens with one attached hydrogen (secondary N) is 2. The van der Waals surface area contributed by atoms with E-state index in [1.807, 2.05) is 26.0 Å². The van der Waals surface area contributed by atoms with Crippen molar-refractivity contribution in [1.82, 2.24) is 5.32 Å². The monoisotopic (exact) mass is 443 g/mol. The van der Waals surface area contributed by atoms with Crippen LogP contribution < -0.4 is 11.2 Å². The van der Waals surface area contributed by atoms with Crippen molar-refractivity contribution in [3.05, 3.63) is 71.8 Å². The lowest BCUT2D eigenvalue weighted by Crippen LogP contribution is -2.37. The summed E-state index contributed by atoms with van der Waals surface area (Å²) in [6.45, 7) is 5.58. The van der Waals surface area contributed by atoms with Crippen molar-refractivity contribution >= 4 is 22.5 Å². The Morgan fingerprint density at radius 3 is 2.31 bits per heavy atom. The summed E-state index contributed by atoms with van der Waals surface area (Å²) in [4.78, 5) is 12.5. The Morgan fingerprint density at radius 1 is 1.06 bits per heavy atom. The summed E-state index contributed by atoms with van der Waals surface area (Å²) in [6.07, 6.45) is -4.39. The highest BCUT2D eigenvalue weighted by Gasteiger charge is 2.30. The predicted molar refractivity (Wildman–Crippen MR) is 119 cm³/mol. The number of amidine groups is 1.